The predicted octanol–water partition coefficient (Wildman–Crippen LogP) is 1.81. The maximum absolute atomic E-state index is 11.6. The Labute approximate surface area is 95.9 Å². The first kappa shape index (κ1) is 12.8. The summed E-state index contributed by atoms with van der Waals surface area (Å²) >= 11 is 0. The van der Waals surface area contributed by atoms with Crippen molar-refractivity contribution >= 4 is 11.6 Å². The standard InChI is InChI=1S/C13H18O3/c1-8(14)5-6-10-9(2)12(16)11(15)7-13(10,3)4/h5-6,11,15H,7H2,1-4H3/b6-5+. The molecule has 3 nitrogen and oxygen atoms in total. The molecule has 0 amide bonds. The molecule has 0 aromatic heterocycles. The van der Waals surface area contributed by atoms with Crippen molar-refractivity contribution in [2.75, 3.05) is 0 Å². The van der Waals surface area contributed by atoms with Gasteiger partial charge in [-0.15, -0.1) is 0 Å². The smallest absolute Gasteiger partial charge is 0.187 e. The Bertz CT molecular complexity index is 386. The van der Waals surface area contributed by atoms with Crippen molar-refractivity contribution in [3.05, 3.63) is 23.3 Å². The number of Topliss-reactive ketones (excluding diaryl/α,β-unsaturated/α-hetero) is 1. The minimum absolute atomic E-state index is 0.0466. The van der Waals surface area contributed by atoms with Crippen molar-refractivity contribution in [1.82, 2.24) is 0 Å². The molecule has 1 rings (SSSR count). The summed E-state index contributed by atoms with van der Waals surface area (Å²) < 4.78 is 0. The van der Waals surface area contributed by atoms with Gasteiger partial charge in [0.15, 0.2) is 11.6 Å². The second-order valence-electron chi connectivity index (χ2n) is 4.95. The van der Waals surface area contributed by atoms with Gasteiger partial charge in [-0.3, -0.25) is 9.59 Å². The number of aliphatic hydroxyl groups is 1. The third-order valence-corrected chi connectivity index (χ3v) is 2.99. The Hall–Kier alpha value is -1.22. The summed E-state index contributed by atoms with van der Waals surface area (Å²) in [6, 6.07) is 0. The van der Waals surface area contributed by atoms with E-state index in [9.17, 15) is 14.7 Å². The fourth-order valence-electron chi connectivity index (χ4n) is 2.13. The van der Waals surface area contributed by atoms with E-state index in [1.54, 1.807) is 13.0 Å². The van der Waals surface area contributed by atoms with E-state index in [1.807, 2.05) is 13.8 Å². The van der Waals surface area contributed by atoms with E-state index in [0.29, 0.717) is 12.0 Å². The van der Waals surface area contributed by atoms with Gasteiger partial charge in [0, 0.05) is 0 Å². The number of ketones is 2. The first-order valence-corrected chi connectivity index (χ1v) is 5.38. The van der Waals surface area contributed by atoms with Crippen LogP contribution in [0.2, 0.25) is 0 Å². The third kappa shape index (κ3) is 2.47. The lowest BCUT2D eigenvalue weighted by Crippen LogP contribution is -2.35. The van der Waals surface area contributed by atoms with Crippen molar-refractivity contribution in [3.63, 3.8) is 0 Å². The lowest BCUT2D eigenvalue weighted by Gasteiger charge is -2.34. The summed E-state index contributed by atoms with van der Waals surface area (Å²) in [5.74, 6) is -0.280. The molecule has 0 bridgehead atoms. The van der Waals surface area contributed by atoms with E-state index in [0.717, 1.165) is 5.57 Å². The summed E-state index contributed by atoms with van der Waals surface area (Å²) in [4.78, 5) is 22.5. The second kappa shape index (κ2) is 4.34. The largest absolute Gasteiger partial charge is 0.385 e. The summed E-state index contributed by atoms with van der Waals surface area (Å²) in [5.41, 5.74) is 1.13. The van der Waals surface area contributed by atoms with Gasteiger partial charge in [0.05, 0.1) is 0 Å². The molecule has 0 aromatic carbocycles. The van der Waals surface area contributed by atoms with Gasteiger partial charge in [0.1, 0.15) is 6.10 Å². The molecule has 1 atom stereocenters. The highest BCUT2D eigenvalue weighted by Gasteiger charge is 2.36. The highest BCUT2D eigenvalue weighted by Crippen LogP contribution is 2.39. The fourth-order valence-corrected chi connectivity index (χ4v) is 2.13. The zero-order valence-corrected chi connectivity index (χ0v) is 10.2. The number of aliphatic hydroxyl groups excluding tert-OH is 1. The minimum Gasteiger partial charge on any atom is -0.385 e. The van der Waals surface area contributed by atoms with Crippen LogP contribution in [0.4, 0.5) is 0 Å². The van der Waals surface area contributed by atoms with Gasteiger partial charge in [-0.2, -0.15) is 0 Å². The van der Waals surface area contributed by atoms with Crippen molar-refractivity contribution in [3.8, 4) is 0 Å². The molecule has 3 heteroatoms. The van der Waals surface area contributed by atoms with Gasteiger partial charge in [0.2, 0.25) is 0 Å². The van der Waals surface area contributed by atoms with Crippen LogP contribution in [0.1, 0.15) is 34.1 Å². The van der Waals surface area contributed by atoms with E-state index in [2.05, 4.69) is 0 Å². The van der Waals surface area contributed by atoms with Crippen LogP contribution in [0.3, 0.4) is 0 Å². The first-order chi connectivity index (χ1) is 7.25. The predicted molar refractivity (Wildman–Crippen MR) is 61.9 cm³/mol. The monoisotopic (exact) mass is 222 g/mol. The maximum Gasteiger partial charge on any atom is 0.187 e. The molecule has 16 heavy (non-hydrogen) atoms. The van der Waals surface area contributed by atoms with E-state index >= 15 is 0 Å². The van der Waals surface area contributed by atoms with Crippen LogP contribution in [-0.2, 0) is 9.59 Å². The lowest BCUT2D eigenvalue weighted by molar-refractivity contribution is -0.125. The molecule has 1 N–H and O–H groups in total. The molecule has 0 radical (unpaired) electrons. The molecule has 0 aromatic rings. The third-order valence-electron chi connectivity index (χ3n) is 2.99. The average molecular weight is 222 g/mol. The number of carbonyl (C=O) groups is 2. The van der Waals surface area contributed by atoms with Crippen molar-refractivity contribution < 1.29 is 14.7 Å². The Balaban J connectivity index is 3.19. The number of allylic oxidation sites excluding steroid dienone is 3. The van der Waals surface area contributed by atoms with E-state index < -0.39 is 6.10 Å². The summed E-state index contributed by atoms with van der Waals surface area (Å²) in [6.45, 7) is 7.10. The number of hydrogen-bond donors (Lipinski definition) is 1. The van der Waals surface area contributed by atoms with E-state index in [-0.39, 0.29) is 17.0 Å². The Morgan fingerprint density at radius 2 is 2.06 bits per heavy atom. The molecule has 0 heterocycles. The number of hydrogen-bond acceptors (Lipinski definition) is 3. The molecule has 0 saturated carbocycles. The average Bonchev–Trinajstić information content (AvgIpc) is 2.12. The van der Waals surface area contributed by atoms with Gasteiger partial charge in [-0.05, 0) is 42.9 Å². The van der Waals surface area contributed by atoms with Crippen LogP contribution in [0.5, 0.6) is 0 Å². The molecule has 0 fully saturated rings. The second-order valence-corrected chi connectivity index (χ2v) is 4.95. The topological polar surface area (TPSA) is 54.4 Å². The first-order valence-electron chi connectivity index (χ1n) is 5.38. The van der Waals surface area contributed by atoms with E-state index in [4.69, 9.17) is 0 Å². The van der Waals surface area contributed by atoms with Crippen molar-refractivity contribution in [2.45, 2.75) is 40.2 Å². The summed E-state index contributed by atoms with van der Waals surface area (Å²) in [7, 11) is 0. The summed E-state index contributed by atoms with van der Waals surface area (Å²) in [5, 5.41) is 9.60. The van der Waals surface area contributed by atoms with Crippen LogP contribution in [-0.4, -0.2) is 22.8 Å². The molecule has 0 spiro atoms. The molecular weight excluding hydrogens is 204 g/mol. The zero-order chi connectivity index (χ0) is 12.5. The fraction of sp³-hybridized carbons (Fsp3) is 0.538. The number of rotatable bonds is 2. The molecule has 1 unspecified atom stereocenters. The van der Waals surface area contributed by atoms with Crippen LogP contribution in [0.25, 0.3) is 0 Å². The van der Waals surface area contributed by atoms with E-state index in [1.165, 1.54) is 13.0 Å². The molecular formula is C13H18O3. The van der Waals surface area contributed by atoms with Crippen LogP contribution < -0.4 is 0 Å². The molecule has 0 aliphatic heterocycles. The van der Waals surface area contributed by atoms with Crippen molar-refractivity contribution in [2.24, 2.45) is 5.41 Å². The van der Waals surface area contributed by atoms with Crippen LogP contribution in [0.15, 0.2) is 23.3 Å². The number of carbonyl (C=O) groups excluding carboxylic acids is 2. The lowest BCUT2D eigenvalue weighted by atomic mass is 9.71. The highest BCUT2D eigenvalue weighted by atomic mass is 16.3. The maximum atomic E-state index is 11.6. The van der Waals surface area contributed by atoms with Crippen molar-refractivity contribution in [1.29, 1.82) is 0 Å². The Morgan fingerprint density at radius 3 is 2.56 bits per heavy atom. The highest BCUT2D eigenvalue weighted by molar-refractivity contribution is 6.01. The quantitative estimate of drug-likeness (QED) is 0.725. The van der Waals surface area contributed by atoms with Gasteiger partial charge in [0.25, 0.3) is 0 Å². The van der Waals surface area contributed by atoms with Crippen LogP contribution >= 0.6 is 0 Å². The van der Waals surface area contributed by atoms with Gasteiger partial charge < -0.3 is 5.11 Å². The zero-order valence-electron chi connectivity index (χ0n) is 10.2. The Kier molecular flexibility index (Phi) is 3.48. The van der Waals surface area contributed by atoms with Gasteiger partial charge >= 0.3 is 0 Å². The molecule has 0 saturated heterocycles. The summed E-state index contributed by atoms with van der Waals surface area (Å²) in [6.07, 6.45) is 2.65. The van der Waals surface area contributed by atoms with Gasteiger partial charge in [-0.25, -0.2) is 0 Å². The van der Waals surface area contributed by atoms with Crippen LogP contribution in [0, 0.1) is 5.41 Å². The molecule has 1 aliphatic carbocycles. The van der Waals surface area contributed by atoms with Gasteiger partial charge in [-0.1, -0.05) is 19.9 Å². The molecule has 1 aliphatic rings. The normalized spacial score (nSPS) is 25.3. The molecule has 88 valence electrons. The SMILES string of the molecule is CC(=O)/C=C/C1=C(C)C(=O)C(O)CC1(C)C. The minimum atomic E-state index is -0.913. The Morgan fingerprint density at radius 1 is 1.50 bits per heavy atom.